The number of fused-ring (bicyclic) bond motifs is 1. The maximum atomic E-state index is 11.5. The van der Waals surface area contributed by atoms with Gasteiger partial charge in [-0.2, -0.15) is 0 Å². The van der Waals surface area contributed by atoms with Gasteiger partial charge in [0.25, 0.3) is 0 Å². The Morgan fingerprint density at radius 3 is 2.31 bits per heavy atom. The molecule has 252 valence electrons. The Bertz CT molecular complexity index is 1210. The van der Waals surface area contributed by atoms with E-state index < -0.39 is 37.8 Å². The van der Waals surface area contributed by atoms with E-state index in [9.17, 15) is 35.7 Å². The van der Waals surface area contributed by atoms with E-state index in [0.717, 1.165) is 36.8 Å². The number of aliphatic hydroxyl groups excluding tert-OH is 5. The Morgan fingerprint density at radius 1 is 0.867 bits per heavy atom. The van der Waals surface area contributed by atoms with Crippen LogP contribution in [0.25, 0.3) is 0 Å². The van der Waals surface area contributed by atoms with Gasteiger partial charge < -0.3 is 54.7 Å². The van der Waals surface area contributed by atoms with E-state index in [1.54, 1.807) is 12.1 Å². The Hall–Kier alpha value is -2.10. The summed E-state index contributed by atoms with van der Waals surface area (Å²) in [6.45, 7) is -1.27. The molecule has 2 aromatic rings. The van der Waals surface area contributed by atoms with Gasteiger partial charge in [-0.25, -0.2) is 0 Å². The maximum absolute atomic E-state index is 11.5. The van der Waals surface area contributed by atoms with Crippen molar-refractivity contribution in [3.8, 4) is 28.7 Å². The van der Waals surface area contributed by atoms with Gasteiger partial charge in [0.1, 0.15) is 6.79 Å². The summed E-state index contributed by atoms with van der Waals surface area (Å²) in [6, 6.07) is 6.71. The summed E-state index contributed by atoms with van der Waals surface area (Å²) in [5.74, 6) is -0.0863. The molecule has 0 aromatic heterocycles. The highest BCUT2D eigenvalue weighted by molar-refractivity contribution is 8.76. The minimum absolute atomic E-state index is 0.0102. The first-order valence-corrected chi connectivity index (χ1v) is 17.8. The fourth-order valence-corrected chi connectivity index (χ4v) is 9.04. The molecule has 0 bridgehead atoms. The summed E-state index contributed by atoms with van der Waals surface area (Å²) in [4.78, 5) is 0. The van der Waals surface area contributed by atoms with Crippen LogP contribution >= 0.6 is 21.6 Å². The molecule has 45 heavy (non-hydrogen) atoms. The fraction of sp³-hybridized carbons (Fsp3) is 0.625. The van der Waals surface area contributed by atoms with Crippen molar-refractivity contribution in [1.29, 1.82) is 0 Å². The summed E-state index contributed by atoms with van der Waals surface area (Å²) in [5, 5.41) is 72.9. The van der Waals surface area contributed by atoms with Gasteiger partial charge in [-0.1, -0.05) is 21.6 Å². The molecule has 0 saturated heterocycles. The van der Waals surface area contributed by atoms with Crippen LogP contribution in [-0.2, 0) is 17.6 Å². The Labute approximate surface area is 271 Å². The highest BCUT2D eigenvalue weighted by atomic mass is 33.1. The SMILES string of the molecule is COc1cc(C[C@H]2[C@H](O)C[C@@H](OCO)CCc3cc(OC4CCCC4)c(O)cc3[C@H](CCO)SSC[C@@H]2O)cc(OCO)c1O. The summed E-state index contributed by atoms with van der Waals surface area (Å²) < 4.78 is 22.3. The molecule has 0 amide bonds. The largest absolute Gasteiger partial charge is 0.504 e. The number of rotatable bonds is 11. The number of aryl methyl sites for hydroxylation is 1. The zero-order chi connectivity index (χ0) is 32.3. The molecular weight excluding hydrogens is 624 g/mol. The number of phenols is 2. The average Bonchev–Trinajstić information content (AvgIpc) is 3.53. The van der Waals surface area contributed by atoms with E-state index >= 15 is 0 Å². The minimum atomic E-state index is -1.03. The molecular formula is C32H46O11S2. The Kier molecular flexibility index (Phi) is 14.1. The molecule has 1 saturated carbocycles. The molecule has 1 aliphatic heterocycles. The van der Waals surface area contributed by atoms with Crippen LogP contribution in [0.3, 0.4) is 0 Å². The molecule has 11 nitrogen and oxygen atoms in total. The molecule has 13 heteroatoms. The van der Waals surface area contributed by atoms with Crippen molar-refractivity contribution in [2.75, 3.05) is 33.1 Å². The van der Waals surface area contributed by atoms with Crippen LogP contribution in [0.4, 0.5) is 0 Å². The van der Waals surface area contributed by atoms with Crippen LogP contribution in [0.1, 0.15) is 66.9 Å². The standard InChI is InChI=1S/C32H46O11S2/c1-40-29-11-19(12-30(32(29)39)42-18-35)10-24-25(36)14-22(41-17-34)7-6-20-13-28(43-21-4-2-3-5-21)26(37)15-23(20)31(8-9-33)45-44-16-27(24)38/h11-13,15,21-22,24-25,27,31,33-39H,2-10,14,16-18H2,1H3/t22-,24-,25+,27-,31-/m0/s1. The van der Waals surface area contributed by atoms with Crippen molar-refractivity contribution in [1.82, 2.24) is 0 Å². The third-order valence-corrected chi connectivity index (χ3v) is 11.4. The fourth-order valence-electron chi connectivity index (χ4n) is 6.14. The van der Waals surface area contributed by atoms with Gasteiger partial charge in [-0.3, -0.25) is 0 Å². The Balaban J connectivity index is 1.64. The zero-order valence-electron chi connectivity index (χ0n) is 25.5. The topological polar surface area (TPSA) is 179 Å². The van der Waals surface area contributed by atoms with E-state index in [1.165, 1.54) is 34.8 Å². The second-order valence-electron chi connectivity index (χ2n) is 11.5. The average molecular weight is 671 g/mol. The molecule has 1 heterocycles. The number of benzene rings is 2. The van der Waals surface area contributed by atoms with Crippen molar-refractivity contribution in [3.63, 3.8) is 0 Å². The van der Waals surface area contributed by atoms with E-state index in [1.807, 2.05) is 6.07 Å². The lowest BCUT2D eigenvalue weighted by Crippen LogP contribution is -2.38. The van der Waals surface area contributed by atoms with Gasteiger partial charge in [0.05, 0.1) is 31.5 Å². The monoisotopic (exact) mass is 670 g/mol. The lowest BCUT2D eigenvalue weighted by atomic mass is 9.85. The molecule has 0 unspecified atom stereocenters. The van der Waals surface area contributed by atoms with E-state index in [0.29, 0.717) is 30.6 Å². The number of aromatic hydroxyl groups is 2. The lowest BCUT2D eigenvalue weighted by molar-refractivity contribution is -0.0808. The van der Waals surface area contributed by atoms with Crippen molar-refractivity contribution in [2.24, 2.45) is 5.92 Å². The molecule has 4 rings (SSSR count). The first-order chi connectivity index (χ1) is 21.8. The maximum Gasteiger partial charge on any atom is 0.200 e. The summed E-state index contributed by atoms with van der Waals surface area (Å²) in [6.07, 6.45) is 3.26. The van der Waals surface area contributed by atoms with Crippen LogP contribution < -0.4 is 14.2 Å². The number of phenolic OH excluding ortho intramolecular Hbond substituents is 2. The molecule has 0 radical (unpaired) electrons. The van der Waals surface area contributed by atoms with Gasteiger partial charge in [0.2, 0.25) is 5.75 Å². The van der Waals surface area contributed by atoms with Crippen LogP contribution in [-0.4, -0.2) is 93.2 Å². The van der Waals surface area contributed by atoms with Crippen LogP contribution in [0.5, 0.6) is 28.7 Å². The number of ether oxygens (including phenoxy) is 4. The van der Waals surface area contributed by atoms with Crippen molar-refractivity contribution in [3.05, 3.63) is 41.0 Å². The predicted molar refractivity (Wildman–Crippen MR) is 172 cm³/mol. The van der Waals surface area contributed by atoms with Crippen molar-refractivity contribution < 1.29 is 54.7 Å². The highest BCUT2D eigenvalue weighted by Crippen LogP contribution is 2.46. The molecule has 0 spiro atoms. The summed E-state index contributed by atoms with van der Waals surface area (Å²) in [5.41, 5.74) is 2.39. The predicted octanol–water partition coefficient (Wildman–Crippen LogP) is 3.81. The second-order valence-corrected chi connectivity index (χ2v) is 14.2. The van der Waals surface area contributed by atoms with Crippen molar-refractivity contribution >= 4 is 21.6 Å². The lowest BCUT2D eigenvalue weighted by Gasteiger charge is -2.30. The molecule has 1 aliphatic carbocycles. The van der Waals surface area contributed by atoms with Gasteiger partial charge in [-0.15, -0.1) is 0 Å². The molecule has 7 N–H and O–H groups in total. The van der Waals surface area contributed by atoms with Gasteiger partial charge >= 0.3 is 0 Å². The zero-order valence-corrected chi connectivity index (χ0v) is 27.2. The molecule has 1 fully saturated rings. The number of hydrogen-bond donors (Lipinski definition) is 7. The first-order valence-electron chi connectivity index (χ1n) is 15.4. The number of methoxy groups -OCH3 is 1. The Morgan fingerprint density at radius 2 is 1.62 bits per heavy atom. The van der Waals surface area contributed by atoms with Gasteiger partial charge in [0, 0.05) is 23.5 Å². The van der Waals surface area contributed by atoms with Gasteiger partial charge in [-0.05, 0) is 98.7 Å². The summed E-state index contributed by atoms with van der Waals surface area (Å²) in [7, 11) is 4.30. The van der Waals surface area contributed by atoms with Crippen LogP contribution in [0.15, 0.2) is 24.3 Å². The molecule has 2 aromatic carbocycles. The number of hydrogen-bond acceptors (Lipinski definition) is 13. The highest BCUT2D eigenvalue weighted by Gasteiger charge is 2.32. The third-order valence-electron chi connectivity index (χ3n) is 8.53. The smallest absolute Gasteiger partial charge is 0.200 e. The third kappa shape index (κ3) is 9.71. The van der Waals surface area contributed by atoms with E-state index in [4.69, 9.17) is 18.9 Å². The summed E-state index contributed by atoms with van der Waals surface area (Å²) >= 11 is 0. The second kappa shape index (κ2) is 17.7. The minimum Gasteiger partial charge on any atom is -0.504 e. The molecule has 2 aliphatic rings. The van der Waals surface area contributed by atoms with E-state index in [2.05, 4.69) is 0 Å². The number of aliphatic hydroxyl groups is 5. The van der Waals surface area contributed by atoms with Crippen molar-refractivity contribution in [2.45, 2.75) is 87.5 Å². The quantitative estimate of drug-likeness (QED) is 0.136. The van der Waals surface area contributed by atoms with E-state index in [-0.39, 0.29) is 59.6 Å². The normalized spacial score (nSPS) is 25.1. The van der Waals surface area contributed by atoms with Crippen LogP contribution in [0, 0.1) is 5.92 Å². The first kappa shape index (κ1) is 35.7. The van der Waals surface area contributed by atoms with Crippen LogP contribution in [0.2, 0.25) is 0 Å². The molecule has 5 atom stereocenters. The van der Waals surface area contributed by atoms with Gasteiger partial charge in [0.15, 0.2) is 29.8 Å².